The zero-order valence-corrected chi connectivity index (χ0v) is 10.6. The Morgan fingerprint density at radius 3 is 3.06 bits per heavy atom. The number of thiophene rings is 1. The summed E-state index contributed by atoms with van der Waals surface area (Å²) < 4.78 is 0. The molecule has 0 radical (unpaired) electrons. The summed E-state index contributed by atoms with van der Waals surface area (Å²) in [6.07, 6.45) is -0.417. The highest BCUT2D eigenvalue weighted by Gasteiger charge is 2.07. The molecule has 0 aliphatic carbocycles. The lowest BCUT2D eigenvalue weighted by Gasteiger charge is -2.09. The molecule has 2 N–H and O–H groups in total. The molecule has 0 saturated carbocycles. The summed E-state index contributed by atoms with van der Waals surface area (Å²) in [5.74, 6) is 0. The van der Waals surface area contributed by atoms with Crippen LogP contribution in [-0.4, -0.2) is 16.6 Å². The van der Waals surface area contributed by atoms with Gasteiger partial charge in [0.2, 0.25) is 0 Å². The van der Waals surface area contributed by atoms with Crippen molar-refractivity contribution in [3.63, 3.8) is 0 Å². The smallest absolute Gasteiger partial charge is 0.0922 e. The number of aliphatic hydroxyl groups excluding tert-OH is 1. The van der Waals surface area contributed by atoms with Crippen molar-refractivity contribution in [1.82, 2.24) is 10.3 Å². The fraction of sp³-hybridized carbons (Fsp3) is 0.364. The maximum atomic E-state index is 9.84. The van der Waals surface area contributed by atoms with Crippen LogP contribution in [0.25, 0.3) is 0 Å². The van der Waals surface area contributed by atoms with Gasteiger partial charge in [0.05, 0.1) is 17.3 Å². The van der Waals surface area contributed by atoms with Gasteiger partial charge in [-0.15, -0.1) is 11.3 Å². The highest BCUT2D eigenvalue weighted by molar-refractivity contribution is 7.09. The Labute approximate surface area is 103 Å². The van der Waals surface area contributed by atoms with Gasteiger partial charge in [0.15, 0.2) is 0 Å². The first kappa shape index (κ1) is 11.7. The molecule has 0 spiro atoms. The van der Waals surface area contributed by atoms with Crippen LogP contribution in [0.1, 0.15) is 22.2 Å². The lowest BCUT2D eigenvalue weighted by molar-refractivity contribution is 0.175. The summed E-state index contributed by atoms with van der Waals surface area (Å²) in [5, 5.41) is 17.0. The van der Waals surface area contributed by atoms with E-state index in [1.54, 1.807) is 22.7 Å². The number of thiazole rings is 1. The molecule has 86 valence electrons. The van der Waals surface area contributed by atoms with Crippen LogP contribution in [0.2, 0.25) is 0 Å². The van der Waals surface area contributed by atoms with Gasteiger partial charge in [0, 0.05) is 18.0 Å². The van der Waals surface area contributed by atoms with Crippen molar-refractivity contribution in [1.29, 1.82) is 0 Å². The number of hydrogen-bond acceptors (Lipinski definition) is 5. The fourth-order valence-corrected chi connectivity index (χ4v) is 2.85. The molecule has 0 fully saturated rings. The monoisotopic (exact) mass is 254 g/mol. The van der Waals surface area contributed by atoms with Crippen molar-refractivity contribution >= 4 is 22.7 Å². The normalized spacial score (nSPS) is 12.9. The standard InChI is InChI=1S/C11H14N2OS2/c1-8-11(16-7-13-8)5-12-4-10(14)9-2-3-15-6-9/h2-3,6-7,10,12,14H,4-5H2,1H3. The molecule has 1 atom stereocenters. The lowest BCUT2D eigenvalue weighted by atomic mass is 10.2. The predicted molar refractivity (Wildman–Crippen MR) is 67.8 cm³/mol. The Bertz CT molecular complexity index is 425. The average molecular weight is 254 g/mol. The topological polar surface area (TPSA) is 45.2 Å². The largest absolute Gasteiger partial charge is 0.387 e. The fourth-order valence-electron chi connectivity index (χ4n) is 1.40. The van der Waals surface area contributed by atoms with Gasteiger partial charge in [-0.2, -0.15) is 11.3 Å². The number of aromatic nitrogens is 1. The first-order valence-corrected chi connectivity index (χ1v) is 6.89. The molecule has 5 heteroatoms. The van der Waals surface area contributed by atoms with Gasteiger partial charge in [-0.25, -0.2) is 4.98 Å². The summed E-state index contributed by atoms with van der Waals surface area (Å²) in [6, 6.07) is 1.95. The Balaban J connectivity index is 1.78. The quantitative estimate of drug-likeness (QED) is 0.861. The third kappa shape index (κ3) is 2.89. The Hall–Kier alpha value is -0.750. The van der Waals surface area contributed by atoms with Gasteiger partial charge < -0.3 is 10.4 Å². The van der Waals surface area contributed by atoms with Crippen molar-refractivity contribution in [3.05, 3.63) is 38.5 Å². The van der Waals surface area contributed by atoms with Crippen LogP contribution in [0.3, 0.4) is 0 Å². The van der Waals surface area contributed by atoms with E-state index in [9.17, 15) is 5.11 Å². The molecule has 1 unspecified atom stereocenters. The van der Waals surface area contributed by atoms with Gasteiger partial charge in [0.1, 0.15) is 0 Å². The SMILES string of the molecule is Cc1ncsc1CNCC(O)c1ccsc1. The summed E-state index contributed by atoms with van der Waals surface area (Å²) in [4.78, 5) is 5.42. The number of aryl methyl sites for hydroxylation is 1. The van der Waals surface area contributed by atoms with Crippen LogP contribution in [0.4, 0.5) is 0 Å². The second kappa shape index (κ2) is 5.54. The van der Waals surface area contributed by atoms with Crippen LogP contribution in [0, 0.1) is 6.92 Å². The van der Waals surface area contributed by atoms with Crippen LogP contribution < -0.4 is 5.32 Å². The maximum Gasteiger partial charge on any atom is 0.0922 e. The van der Waals surface area contributed by atoms with Gasteiger partial charge >= 0.3 is 0 Å². The second-order valence-electron chi connectivity index (χ2n) is 3.56. The molecule has 3 nitrogen and oxygen atoms in total. The zero-order valence-electron chi connectivity index (χ0n) is 9.01. The third-order valence-corrected chi connectivity index (χ3v) is 4.03. The molecule has 0 aromatic carbocycles. The van der Waals surface area contributed by atoms with E-state index in [1.807, 2.05) is 29.3 Å². The van der Waals surface area contributed by atoms with Crippen LogP contribution >= 0.6 is 22.7 Å². The minimum absolute atomic E-state index is 0.417. The van der Waals surface area contributed by atoms with E-state index in [0.717, 1.165) is 17.8 Å². The average Bonchev–Trinajstić information content (AvgIpc) is 2.90. The number of hydrogen-bond donors (Lipinski definition) is 2. The van der Waals surface area contributed by atoms with Crippen LogP contribution in [0.5, 0.6) is 0 Å². The zero-order chi connectivity index (χ0) is 11.4. The van der Waals surface area contributed by atoms with Crippen LogP contribution in [-0.2, 0) is 6.54 Å². The third-order valence-electron chi connectivity index (χ3n) is 2.40. The minimum atomic E-state index is -0.417. The molecule has 0 aliphatic heterocycles. The summed E-state index contributed by atoms with van der Waals surface area (Å²) in [7, 11) is 0. The molecule has 0 amide bonds. The Kier molecular flexibility index (Phi) is 4.06. The van der Waals surface area contributed by atoms with Crippen molar-refractivity contribution in [3.8, 4) is 0 Å². The van der Waals surface area contributed by atoms with Gasteiger partial charge in [-0.3, -0.25) is 0 Å². The molecule has 0 bridgehead atoms. The van der Waals surface area contributed by atoms with E-state index in [4.69, 9.17) is 0 Å². The van der Waals surface area contributed by atoms with E-state index in [2.05, 4.69) is 10.3 Å². The van der Waals surface area contributed by atoms with E-state index >= 15 is 0 Å². The molecule has 2 aromatic rings. The van der Waals surface area contributed by atoms with E-state index in [-0.39, 0.29) is 0 Å². The van der Waals surface area contributed by atoms with E-state index < -0.39 is 6.10 Å². The summed E-state index contributed by atoms with van der Waals surface area (Å²) >= 11 is 3.25. The Morgan fingerprint density at radius 2 is 2.44 bits per heavy atom. The molecular formula is C11H14N2OS2. The number of nitrogens with zero attached hydrogens (tertiary/aromatic N) is 1. The van der Waals surface area contributed by atoms with E-state index in [0.29, 0.717) is 6.54 Å². The van der Waals surface area contributed by atoms with E-state index in [1.165, 1.54) is 4.88 Å². The molecule has 2 rings (SSSR count). The summed E-state index contributed by atoms with van der Waals surface area (Å²) in [6.45, 7) is 3.36. The molecule has 16 heavy (non-hydrogen) atoms. The maximum absolute atomic E-state index is 9.84. The highest BCUT2D eigenvalue weighted by Crippen LogP contribution is 2.16. The molecule has 2 aromatic heterocycles. The van der Waals surface area contributed by atoms with Crippen molar-refractivity contribution in [2.75, 3.05) is 6.54 Å². The number of nitrogens with one attached hydrogen (secondary N) is 1. The molecular weight excluding hydrogens is 240 g/mol. The van der Waals surface area contributed by atoms with Gasteiger partial charge in [0.25, 0.3) is 0 Å². The second-order valence-corrected chi connectivity index (χ2v) is 5.28. The number of rotatable bonds is 5. The lowest BCUT2D eigenvalue weighted by Crippen LogP contribution is -2.20. The first-order valence-electron chi connectivity index (χ1n) is 5.07. The molecule has 0 saturated heterocycles. The first-order chi connectivity index (χ1) is 7.77. The summed E-state index contributed by atoms with van der Waals surface area (Å²) in [5.41, 5.74) is 3.91. The minimum Gasteiger partial charge on any atom is -0.387 e. The molecule has 2 heterocycles. The van der Waals surface area contributed by atoms with Crippen molar-refractivity contribution in [2.24, 2.45) is 0 Å². The van der Waals surface area contributed by atoms with Gasteiger partial charge in [-0.1, -0.05) is 0 Å². The van der Waals surface area contributed by atoms with Crippen molar-refractivity contribution in [2.45, 2.75) is 19.6 Å². The van der Waals surface area contributed by atoms with Crippen molar-refractivity contribution < 1.29 is 5.11 Å². The highest BCUT2D eigenvalue weighted by atomic mass is 32.1. The van der Waals surface area contributed by atoms with Crippen LogP contribution in [0.15, 0.2) is 22.3 Å². The van der Waals surface area contributed by atoms with Gasteiger partial charge in [-0.05, 0) is 29.3 Å². The number of aliphatic hydroxyl groups is 1. The predicted octanol–water partition coefficient (Wildman–Crippen LogP) is 2.34. The Morgan fingerprint density at radius 1 is 1.56 bits per heavy atom. The molecule has 0 aliphatic rings.